The SMILES string of the molecule is CCC(C=O)(CC[NH+](C)CC(N)=O)CN1CCN(C(=O)c2ccc(NC(=O)c3ncc(-c4ccc(OC)c(F)c4Cl)n3C)cc2Cl)CC1. The molecule has 15 heteroatoms. The average molecular weight is 706 g/mol. The number of likely N-dealkylation sites (N-methyl/N-ethyl adjacent to an activating group) is 1. The highest BCUT2D eigenvalue weighted by Gasteiger charge is 2.34. The lowest BCUT2D eigenvalue weighted by molar-refractivity contribution is -0.871. The number of aromatic nitrogens is 2. The fraction of sp³-hybridized carbons (Fsp3) is 0.424. The van der Waals surface area contributed by atoms with Crippen molar-refractivity contribution in [3.05, 3.63) is 63.8 Å². The molecular formula is C33H41Cl2FN7O5+. The molecule has 1 saturated heterocycles. The van der Waals surface area contributed by atoms with Gasteiger partial charge in [-0.2, -0.15) is 0 Å². The van der Waals surface area contributed by atoms with Crippen LogP contribution >= 0.6 is 23.2 Å². The molecule has 1 aliphatic heterocycles. The van der Waals surface area contributed by atoms with Crippen molar-refractivity contribution >= 4 is 52.9 Å². The number of carbonyl (C=O) groups excluding carboxylic acids is 4. The van der Waals surface area contributed by atoms with E-state index in [-0.39, 0.29) is 40.0 Å². The minimum absolute atomic E-state index is 0.00176. The molecule has 3 amide bonds. The molecule has 0 radical (unpaired) electrons. The molecule has 4 rings (SSSR count). The monoisotopic (exact) mass is 704 g/mol. The number of rotatable bonds is 14. The van der Waals surface area contributed by atoms with E-state index in [1.165, 1.54) is 30.0 Å². The molecule has 2 aromatic carbocycles. The maximum Gasteiger partial charge on any atom is 0.291 e. The number of primary amides is 1. The zero-order valence-corrected chi connectivity index (χ0v) is 29.0. The molecule has 1 aromatic heterocycles. The number of ether oxygens (including phenoxy) is 1. The highest BCUT2D eigenvalue weighted by atomic mass is 35.5. The predicted octanol–water partition coefficient (Wildman–Crippen LogP) is 2.54. The van der Waals surface area contributed by atoms with Crippen LogP contribution in [0.1, 0.15) is 40.7 Å². The number of anilines is 1. The van der Waals surface area contributed by atoms with Gasteiger partial charge in [-0.3, -0.25) is 19.3 Å². The van der Waals surface area contributed by atoms with Crippen LogP contribution in [-0.4, -0.2) is 103 Å². The van der Waals surface area contributed by atoms with Crippen molar-refractivity contribution in [2.45, 2.75) is 19.8 Å². The van der Waals surface area contributed by atoms with Gasteiger partial charge in [0, 0.05) is 62.9 Å². The van der Waals surface area contributed by atoms with E-state index in [2.05, 4.69) is 15.2 Å². The molecule has 1 fully saturated rings. The average Bonchev–Trinajstić information content (AvgIpc) is 3.45. The van der Waals surface area contributed by atoms with Crippen molar-refractivity contribution in [1.29, 1.82) is 0 Å². The number of nitrogens with zero attached hydrogens (tertiary/aromatic N) is 4. The van der Waals surface area contributed by atoms with Gasteiger partial charge in [-0.25, -0.2) is 9.37 Å². The first kappa shape index (κ1) is 36.8. The van der Waals surface area contributed by atoms with Gasteiger partial charge in [0.05, 0.1) is 48.2 Å². The third-order valence-corrected chi connectivity index (χ3v) is 9.55. The number of quaternary nitrogens is 1. The standard InChI is InChI=1S/C33H40Cl2FN7O5/c1-5-33(20-44,10-11-40(2)18-27(37)45)19-42-12-14-43(15-13-42)32(47)22-7-6-21(16-24(22)34)39-31(46)30-38-17-25(41(30)3)23-8-9-26(48-4)29(36)28(23)35/h6-9,16-17,20H,5,10-15,18-19H2,1-4H3,(H2,37,45)(H,39,46)/p+1. The number of hydrogen-bond donors (Lipinski definition) is 3. The largest absolute Gasteiger partial charge is 0.494 e. The Morgan fingerprint density at radius 3 is 2.48 bits per heavy atom. The van der Waals surface area contributed by atoms with E-state index in [0.29, 0.717) is 74.6 Å². The number of aldehydes is 1. The second-order valence-corrected chi connectivity index (χ2v) is 12.9. The van der Waals surface area contributed by atoms with Crippen LogP contribution in [0.3, 0.4) is 0 Å². The summed E-state index contributed by atoms with van der Waals surface area (Å²) in [6.45, 7) is 5.52. The van der Waals surface area contributed by atoms with E-state index in [9.17, 15) is 23.6 Å². The summed E-state index contributed by atoms with van der Waals surface area (Å²) in [4.78, 5) is 59.0. The zero-order valence-electron chi connectivity index (χ0n) is 27.4. The Bertz CT molecular complexity index is 1680. The fourth-order valence-electron chi connectivity index (χ4n) is 5.83. The predicted molar refractivity (Wildman–Crippen MR) is 181 cm³/mol. The number of imidazole rings is 1. The molecule has 0 aliphatic carbocycles. The smallest absolute Gasteiger partial charge is 0.291 e. The second-order valence-electron chi connectivity index (χ2n) is 12.1. The number of hydrogen-bond acceptors (Lipinski definition) is 7. The summed E-state index contributed by atoms with van der Waals surface area (Å²) in [5.41, 5.74) is 6.18. The Morgan fingerprint density at radius 2 is 1.88 bits per heavy atom. The molecule has 12 nitrogen and oxygen atoms in total. The molecule has 0 saturated carbocycles. The van der Waals surface area contributed by atoms with Crippen LogP contribution in [0.2, 0.25) is 10.0 Å². The number of nitrogens with two attached hydrogens (primary N) is 1. The Labute approximate surface area is 288 Å². The van der Waals surface area contributed by atoms with Crippen LogP contribution in [0.4, 0.5) is 10.1 Å². The van der Waals surface area contributed by atoms with Gasteiger partial charge in [-0.1, -0.05) is 30.1 Å². The summed E-state index contributed by atoms with van der Waals surface area (Å²) in [5.74, 6) is -1.82. The number of amides is 3. The van der Waals surface area contributed by atoms with Gasteiger partial charge in [0.2, 0.25) is 0 Å². The maximum atomic E-state index is 14.5. The maximum absolute atomic E-state index is 14.5. The normalized spacial score (nSPS) is 15.4. The van der Waals surface area contributed by atoms with Gasteiger partial charge >= 0.3 is 0 Å². The highest BCUT2D eigenvalue weighted by Crippen LogP contribution is 2.35. The van der Waals surface area contributed by atoms with Crippen LogP contribution in [0, 0.1) is 11.2 Å². The Balaban J connectivity index is 1.36. The molecule has 4 N–H and O–H groups in total. The van der Waals surface area contributed by atoms with Gasteiger partial charge in [0.25, 0.3) is 17.7 Å². The lowest BCUT2D eigenvalue weighted by atomic mass is 9.82. The van der Waals surface area contributed by atoms with E-state index in [1.807, 2.05) is 14.0 Å². The first-order valence-corrected chi connectivity index (χ1v) is 16.3. The lowest BCUT2D eigenvalue weighted by Crippen LogP contribution is -3.10. The summed E-state index contributed by atoms with van der Waals surface area (Å²) in [6, 6.07) is 7.68. The fourth-order valence-corrected chi connectivity index (χ4v) is 6.35. The van der Waals surface area contributed by atoms with Crippen molar-refractivity contribution in [1.82, 2.24) is 19.4 Å². The van der Waals surface area contributed by atoms with Crippen LogP contribution in [-0.2, 0) is 16.6 Å². The van der Waals surface area contributed by atoms with Crippen molar-refractivity contribution < 1.29 is 33.2 Å². The molecule has 0 spiro atoms. The molecule has 258 valence electrons. The molecule has 2 atom stereocenters. The van der Waals surface area contributed by atoms with Gasteiger partial charge in [-0.05, 0) is 36.8 Å². The first-order chi connectivity index (χ1) is 22.8. The number of benzene rings is 2. The van der Waals surface area contributed by atoms with Crippen molar-refractivity contribution in [3.63, 3.8) is 0 Å². The number of nitrogens with one attached hydrogen (secondary N) is 2. The van der Waals surface area contributed by atoms with Crippen LogP contribution in [0.5, 0.6) is 5.75 Å². The molecule has 1 aliphatic rings. The highest BCUT2D eigenvalue weighted by molar-refractivity contribution is 6.34. The second kappa shape index (κ2) is 15.9. The summed E-state index contributed by atoms with van der Waals surface area (Å²) in [6.07, 6.45) is 3.73. The van der Waals surface area contributed by atoms with E-state index >= 15 is 0 Å². The number of piperazine rings is 1. The van der Waals surface area contributed by atoms with Crippen LogP contribution in [0.25, 0.3) is 11.3 Å². The van der Waals surface area contributed by atoms with E-state index in [4.69, 9.17) is 33.7 Å². The molecule has 3 aromatic rings. The summed E-state index contributed by atoms with van der Waals surface area (Å²) in [7, 11) is 4.83. The molecular weight excluding hydrogens is 664 g/mol. The number of methoxy groups -OCH3 is 1. The van der Waals surface area contributed by atoms with Crippen molar-refractivity contribution in [2.24, 2.45) is 18.2 Å². The Morgan fingerprint density at radius 1 is 1.17 bits per heavy atom. The van der Waals surface area contributed by atoms with E-state index < -0.39 is 17.1 Å². The van der Waals surface area contributed by atoms with Gasteiger partial charge in [0.15, 0.2) is 23.9 Å². The third kappa shape index (κ3) is 8.32. The summed E-state index contributed by atoms with van der Waals surface area (Å²) >= 11 is 12.8. The molecule has 2 heterocycles. The van der Waals surface area contributed by atoms with Crippen LogP contribution < -0.4 is 20.7 Å². The van der Waals surface area contributed by atoms with E-state index in [1.54, 1.807) is 30.1 Å². The Kier molecular flexibility index (Phi) is 12.2. The van der Waals surface area contributed by atoms with Crippen molar-refractivity contribution in [2.75, 3.05) is 65.3 Å². The van der Waals surface area contributed by atoms with Crippen molar-refractivity contribution in [3.8, 4) is 17.0 Å². The first-order valence-electron chi connectivity index (χ1n) is 15.6. The third-order valence-electron chi connectivity index (χ3n) is 8.87. The van der Waals surface area contributed by atoms with Crippen LogP contribution in [0.15, 0.2) is 36.5 Å². The molecule has 0 bridgehead atoms. The summed E-state index contributed by atoms with van der Waals surface area (Å²) < 4.78 is 21.0. The van der Waals surface area contributed by atoms with E-state index in [0.717, 1.165) is 11.2 Å². The topological polar surface area (TPSA) is 144 Å². The van der Waals surface area contributed by atoms with Gasteiger partial charge in [-0.15, -0.1) is 0 Å². The molecule has 48 heavy (non-hydrogen) atoms. The number of carbonyl (C=O) groups is 4. The van der Waals surface area contributed by atoms with Gasteiger partial charge < -0.3 is 34.9 Å². The zero-order chi connectivity index (χ0) is 35.2. The minimum Gasteiger partial charge on any atom is -0.494 e. The molecule has 2 unspecified atom stereocenters. The minimum atomic E-state index is -0.717. The van der Waals surface area contributed by atoms with Gasteiger partial charge in [0.1, 0.15) is 6.29 Å². The quantitative estimate of drug-likeness (QED) is 0.219. The summed E-state index contributed by atoms with van der Waals surface area (Å²) in [5, 5.41) is 2.76. The lowest BCUT2D eigenvalue weighted by Gasteiger charge is -2.39. The Hall–Kier alpha value is -4.04. The number of halogens is 3.